The third-order valence-corrected chi connectivity index (χ3v) is 1.70. The Morgan fingerprint density at radius 2 is 2.43 bits per heavy atom. The second-order valence-corrected chi connectivity index (χ2v) is 2.84. The van der Waals surface area contributed by atoms with Gasteiger partial charge in [0.15, 0.2) is 0 Å². The summed E-state index contributed by atoms with van der Waals surface area (Å²) < 4.78 is 0. The Morgan fingerprint density at radius 3 is 3.00 bits per heavy atom. The Labute approximate surface area is 80.8 Å². The molecule has 5 nitrogen and oxygen atoms in total. The zero-order valence-electron chi connectivity index (χ0n) is 7.34. The van der Waals surface area contributed by atoms with Gasteiger partial charge in [-0.25, -0.2) is 0 Å². The predicted molar refractivity (Wildman–Crippen MR) is 48.3 cm³/mol. The highest BCUT2D eigenvalue weighted by molar-refractivity contribution is 5.73. The van der Waals surface area contributed by atoms with E-state index in [4.69, 9.17) is 16.1 Å². The van der Waals surface area contributed by atoms with E-state index in [9.17, 15) is 4.79 Å². The molecule has 5 heteroatoms. The van der Waals surface area contributed by atoms with Gasteiger partial charge in [0.1, 0.15) is 12.1 Å². The zero-order valence-corrected chi connectivity index (χ0v) is 7.34. The SMILES string of the molecule is N#Cc1cncc(CC(N)C(=O)O)c1. The number of carbonyl (C=O) groups is 1. The minimum Gasteiger partial charge on any atom is -0.480 e. The van der Waals surface area contributed by atoms with Crippen molar-refractivity contribution < 1.29 is 9.90 Å². The molecule has 1 atom stereocenters. The molecule has 0 aliphatic carbocycles. The molecule has 0 aliphatic rings. The number of carboxylic acid groups (broad SMARTS) is 1. The van der Waals surface area contributed by atoms with Gasteiger partial charge < -0.3 is 10.8 Å². The minimum atomic E-state index is -1.06. The predicted octanol–water partition coefficient (Wildman–Crippen LogP) is -0.0923. The average Bonchev–Trinajstić information content (AvgIpc) is 2.18. The summed E-state index contributed by atoms with van der Waals surface area (Å²) in [6.07, 6.45) is 3.09. The van der Waals surface area contributed by atoms with E-state index in [2.05, 4.69) is 4.98 Å². The van der Waals surface area contributed by atoms with Crippen molar-refractivity contribution in [1.82, 2.24) is 4.98 Å². The van der Waals surface area contributed by atoms with E-state index in [1.54, 1.807) is 6.07 Å². The maximum absolute atomic E-state index is 10.4. The Bertz CT molecular complexity index is 384. The van der Waals surface area contributed by atoms with E-state index in [0.29, 0.717) is 11.1 Å². The van der Waals surface area contributed by atoms with Crippen molar-refractivity contribution >= 4 is 5.97 Å². The number of nitriles is 1. The third-order valence-electron chi connectivity index (χ3n) is 1.70. The van der Waals surface area contributed by atoms with Gasteiger partial charge in [0.05, 0.1) is 5.56 Å². The molecule has 14 heavy (non-hydrogen) atoms. The maximum Gasteiger partial charge on any atom is 0.320 e. The van der Waals surface area contributed by atoms with Gasteiger partial charge in [0, 0.05) is 12.4 Å². The number of nitrogens with two attached hydrogens (primary N) is 1. The van der Waals surface area contributed by atoms with E-state index >= 15 is 0 Å². The molecule has 1 heterocycles. The first-order valence-electron chi connectivity index (χ1n) is 3.96. The van der Waals surface area contributed by atoms with E-state index in [-0.39, 0.29) is 6.42 Å². The van der Waals surface area contributed by atoms with Gasteiger partial charge in [0.25, 0.3) is 0 Å². The molecule has 1 rings (SSSR count). The molecule has 1 aromatic heterocycles. The largest absolute Gasteiger partial charge is 0.480 e. The van der Waals surface area contributed by atoms with Gasteiger partial charge in [-0.15, -0.1) is 0 Å². The van der Waals surface area contributed by atoms with E-state index in [1.165, 1.54) is 12.4 Å². The highest BCUT2D eigenvalue weighted by Crippen LogP contribution is 2.03. The summed E-state index contributed by atoms with van der Waals surface area (Å²) in [7, 11) is 0. The average molecular weight is 191 g/mol. The van der Waals surface area contributed by atoms with Crippen LogP contribution in [0.4, 0.5) is 0 Å². The van der Waals surface area contributed by atoms with Crippen LogP contribution in [-0.4, -0.2) is 22.1 Å². The summed E-state index contributed by atoms with van der Waals surface area (Å²) in [6, 6.07) is 2.55. The number of nitrogens with zero attached hydrogens (tertiary/aromatic N) is 2. The quantitative estimate of drug-likeness (QED) is 0.695. The number of aromatic nitrogens is 1. The molecule has 3 N–H and O–H groups in total. The third kappa shape index (κ3) is 2.54. The van der Waals surface area contributed by atoms with Gasteiger partial charge in [0.2, 0.25) is 0 Å². The summed E-state index contributed by atoms with van der Waals surface area (Å²) in [5.41, 5.74) is 6.38. The van der Waals surface area contributed by atoms with Crippen LogP contribution in [0.5, 0.6) is 0 Å². The number of pyridine rings is 1. The topological polar surface area (TPSA) is 100 Å². The van der Waals surface area contributed by atoms with E-state index in [0.717, 1.165) is 0 Å². The number of carboxylic acids is 1. The smallest absolute Gasteiger partial charge is 0.320 e. The van der Waals surface area contributed by atoms with Crippen molar-refractivity contribution in [2.45, 2.75) is 12.5 Å². The number of hydrogen-bond donors (Lipinski definition) is 2. The van der Waals surface area contributed by atoms with Gasteiger partial charge in [-0.1, -0.05) is 0 Å². The van der Waals surface area contributed by atoms with Crippen LogP contribution in [0.15, 0.2) is 18.5 Å². The highest BCUT2D eigenvalue weighted by Gasteiger charge is 2.12. The summed E-state index contributed by atoms with van der Waals surface area (Å²) in [4.78, 5) is 14.2. The van der Waals surface area contributed by atoms with Crippen LogP contribution >= 0.6 is 0 Å². The lowest BCUT2D eigenvalue weighted by Crippen LogP contribution is -2.32. The van der Waals surface area contributed by atoms with Gasteiger partial charge in [-0.2, -0.15) is 5.26 Å². The van der Waals surface area contributed by atoms with E-state index < -0.39 is 12.0 Å². The molecular weight excluding hydrogens is 182 g/mol. The Balaban J connectivity index is 2.78. The van der Waals surface area contributed by atoms with Crippen molar-refractivity contribution in [1.29, 1.82) is 5.26 Å². The van der Waals surface area contributed by atoms with Crippen LogP contribution < -0.4 is 5.73 Å². The molecule has 0 bridgehead atoms. The van der Waals surface area contributed by atoms with Crippen molar-refractivity contribution in [2.75, 3.05) is 0 Å². The molecule has 0 saturated carbocycles. The molecular formula is C9H9N3O2. The molecule has 0 saturated heterocycles. The molecule has 0 fully saturated rings. The number of aliphatic carboxylic acids is 1. The maximum atomic E-state index is 10.4. The zero-order chi connectivity index (χ0) is 10.6. The second kappa shape index (κ2) is 4.35. The fourth-order valence-corrected chi connectivity index (χ4v) is 1.00. The van der Waals surface area contributed by atoms with Crippen LogP contribution in [0.25, 0.3) is 0 Å². The van der Waals surface area contributed by atoms with Crippen LogP contribution in [0.2, 0.25) is 0 Å². The summed E-state index contributed by atoms with van der Waals surface area (Å²) in [5, 5.41) is 17.1. The lowest BCUT2D eigenvalue weighted by Gasteiger charge is -2.05. The van der Waals surface area contributed by atoms with Crippen molar-refractivity contribution in [3.8, 4) is 6.07 Å². The fourth-order valence-electron chi connectivity index (χ4n) is 1.00. The van der Waals surface area contributed by atoms with Crippen LogP contribution in [0.1, 0.15) is 11.1 Å². The lowest BCUT2D eigenvalue weighted by molar-refractivity contribution is -0.138. The molecule has 1 unspecified atom stereocenters. The Hall–Kier alpha value is -1.93. The monoisotopic (exact) mass is 191 g/mol. The van der Waals surface area contributed by atoms with Crippen molar-refractivity contribution in [3.63, 3.8) is 0 Å². The van der Waals surface area contributed by atoms with Gasteiger partial charge in [-0.05, 0) is 18.1 Å². The molecule has 1 aromatic rings. The van der Waals surface area contributed by atoms with E-state index in [1.807, 2.05) is 6.07 Å². The minimum absolute atomic E-state index is 0.178. The molecule has 72 valence electrons. The van der Waals surface area contributed by atoms with Gasteiger partial charge in [-0.3, -0.25) is 9.78 Å². The Kier molecular flexibility index (Phi) is 3.15. The molecule has 0 aliphatic heterocycles. The fraction of sp³-hybridized carbons (Fsp3) is 0.222. The first-order chi connectivity index (χ1) is 6.63. The van der Waals surface area contributed by atoms with Crippen LogP contribution in [0.3, 0.4) is 0 Å². The molecule has 0 radical (unpaired) electrons. The standard InChI is InChI=1S/C9H9N3O2/c10-3-7-1-6(4-12-5-7)2-8(11)9(13)14/h1,4-5,8H,2,11H2,(H,13,14). The van der Waals surface area contributed by atoms with Crippen molar-refractivity contribution in [2.24, 2.45) is 5.73 Å². The number of rotatable bonds is 3. The van der Waals surface area contributed by atoms with Crippen molar-refractivity contribution in [3.05, 3.63) is 29.6 Å². The summed E-state index contributed by atoms with van der Waals surface area (Å²) >= 11 is 0. The lowest BCUT2D eigenvalue weighted by atomic mass is 10.1. The number of hydrogen-bond acceptors (Lipinski definition) is 4. The van der Waals surface area contributed by atoms with Gasteiger partial charge >= 0.3 is 5.97 Å². The first kappa shape index (κ1) is 10.2. The summed E-state index contributed by atoms with van der Waals surface area (Å²) in [5.74, 6) is -1.06. The molecule has 0 aromatic carbocycles. The van der Waals surface area contributed by atoms with Crippen LogP contribution in [-0.2, 0) is 11.2 Å². The normalized spacial score (nSPS) is 11.7. The second-order valence-electron chi connectivity index (χ2n) is 2.84. The highest BCUT2D eigenvalue weighted by atomic mass is 16.4. The molecule has 0 spiro atoms. The summed E-state index contributed by atoms with van der Waals surface area (Å²) in [6.45, 7) is 0. The first-order valence-corrected chi connectivity index (χ1v) is 3.96. The molecule has 0 amide bonds. The Morgan fingerprint density at radius 1 is 1.71 bits per heavy atom. The van der Waals surface area contributed by atoms with Crippen LogP contribution in [0, 0.1) is 11.3 Å².